The van der Waals surface area contributed by atoms with Gasteiger partial charge in [-0.1, -0.05) is 12.1 Å². The van der Waals surface area contributed by atoms with Crippen molar-refractivity contribution in [1.82, 2.24) is 40.2 Å². The van der Waals surface area contributed by atoms with E-state index in [2.05, 4.69) is 37.1 Å². The Morgan fingerprint density at radius 1 is 0.919 bits per heavy atom. The molecule has 2 aliphatic carbocycles. The van der Waals surface area contributed by atoms with Crippen molar-refractivity contribution < 1.29 is 38.2 Å². The molecule has 1 saturated heterocycles. The molecular formula is C44H48N10O8. The predicted molar refractivity (Wildman–Crippen MR) is 222 cm³/mol. The van der Waals surface area contributed by atoms with Crippen molar-refractivity contribution in [3.05, 3.63) is 76.7 Å². The van der Waals surface area contributed by atoms with Gasteiger partial charge in [-0.15, -0.1) is 0 Å². The molecule has 8 rings (SSSR count). The molecule has 0 radical (unpaired) electrons. The van der Waals surface area contributed by atoms with Crippen LogP contribution in [-0.4, -0.2) is 123 Å². The average molecular weight is 845 g/mol. The van der Waals surface area contributed by atoms with Gasteiger partial charge in [-0.05, 0) is 75.5 Å². The Hall–Kier alpha value is -6.58. The summed E-state index contributed by atoms with van der Waals surface area (Å²) in [4.78, 5) is 88.9. The van der Waals surface area contributed by atoms with Crippen molar-refractivity contribution in [1.29, 1.82) is 5.26 Å². The van der Waals surface area contributed by atoms with Crippen LogP contribution in [-0.2, 0) is 30.3 Å². The number of nitriles is 1. The van der Waals surface area contributed by atoms with Gasteiger partial charge in [-0.3, -0.25) is 39.0 Å². The molecule has 0 spiro atoms. The quantitative estimate of drug-likeness (QED) is 0.103. The number of carbonyl (C=O) groups is 6. The van der Waals surface area contributed by atoms with Crippen LogP contribution in [0.1, 0.15) is 100.0 Å². The van der Waals surface area contributed by atoms with E-state index in [9.17, 15) is 34.0 Å². The van der Waals surface area contributed by atoms with Crippen LogP contribution in [0.3, 0.4) is 0 Å². The maximum atomic E-state index is 13.6. The number of hydrogen-bond acceptors (Lipinski definition) is 13. The highest BCUT2D eigenvalue weighted by Crippen LogP contribution is 2.32. The monoisotopic (exact) mass is 844 g/mol. The van der Waals surface area contributed by atoms with E-state index in [1.165, 1.54) is 6.20 Å². The molecule has 4 aromatic rings. The Morgan fingerprint density at radius 2 is 1.69 bits per heavy atom. The number of benzene rings is 1. The number of nitrogens with one attached hydrogen (secondary N) is 3. The second kappa shape index (κ2) is 18.6. The minimum absolute atomic E-state index is 0.0580. The number of rotatable bonds is 17. The summed E-state index contributed by atoms with van der Waals surface area (Å²) in [6.07, 6.45) is 10.7. The molecule has 2 saturated carbocycles. The van der Waals surface area contributed by atoms with Gasteiger partial charge in [-0.2, -0.15) is 15.0 Å². The zero-order valence-corrected chi connectivity index (χ0v) is 34.4. The van der Waals surface area contributed by atoms with Crippen molar-refractivity contribution in [2.24, 2.45) is 5.92 Å². The van der Waals surface area contributed by atoms with E-state index in [0.29, 0.717) is 116 Å². The van der Waals surface area contributed by atoms with E-state index in [-0.39, 0.29) is 48.2 Å². The summed E-state index contributed by atoms with van der Waals surface area (Å²) >= 11 is 0. The highest BCUT2D eigenvalue weighted by molar-refractivity contribution is 6.24. The number of pyridine rings is 2. The van der Waals surface area contributed by atoms with Gasteiger partial charge in [0.1, 0.15) is 12.1 Å². The van der Waals surface area contributed by atoms with Crippen LogP contribution in [0.2, 0.25) is 0 Å². The Bertz CT molecular complexity index is 2450. The molecule has 5 heterocycles. The Balaban J connectivity index is 0.726. The highest BCUT2D eigenvalue weighted by atomic mass is 16.5. The van der Waals surface area contributed by atoms with E-state index < -0.39 is 29.7 Å². The molecule has 4 aliphatic rings. The number of ether oxygens (including phenoxy) is 2. The number of imide groups is 2. The fourth-order valence-corrected chi connectivity index (χ4v) is 8.31. The summed E-state index contributed by atoms with van der Waals surface area (Å²) in [5.41, 5.74) is 3.36. The summed E-state index contributed by atoms with van der Waals surface area (Å²) < 4.78 is 13.1. The molecule has 1 unspecified atom stereocenters. The van der Waals surface area contributed by atoms with Gasteiger partial charge in [-0.25, -0.2) is 9.97 Å². The van der Waals surface area contributed by atoms with Crippen molar-refractivity contribution in [2.75, 3.05) is 45.3 Å². The molecule has 18 heteroatoms. The Kier molecular flexibility index (Phi) is 12.6. The normalized spacial score (nSPS) is 19.9. The number of hydrogen-bond donors (Lipinski definition) is 3. The van der Waals surface area contributed by atoms with Gasteiger partial charge in [0.2, 0.25) is 17.7 Å². The largest absolute Gasteiger partial charge is 0.382 e. The van der Waals surface area contributed by atoms with Crippen molar-refractivity contribution in [2.45, 2.75) is 82.3 Å². The van der Waals surface area contributed by atoms with Gasteiger partial charge >= 0.3 is 0 Å². The maximum absolute atomic E-state index is 13.6. The topological polar surface area (TPSA) is 231 Å². The average Bonchev–Trinajstić information content (AvgIpc) is 3.93. The van der Waals surface area contributed by atoms with E-state index in [1.54, 1.807) is 59.4 Å². The number of aryl methyl sites for hydroxylation is 1. The number of anilines is 1. The molecule has 18 nitrogen and oxygen atoms in total. The number of fused-ring (bicyclic) bond motifs is 2. The highest BCUT2D eigenvalue weighted by Gasteiger charge is 2.45. The summed E-state index contributed by atoms with van der Waals surface area (Å²) in [7, 11) is 1.77. The van der Waals surface area contributed by atoms with Crippen LogP contribution in [0.5, 0.6) is 0 Å². The van der Waals surface area contributed by atoms with E-state index in [0.717, 1.165) is 17.7 Å². The van der Waals surface area contributed by atoms with Gasteiger partial charge in [0.25, 0.3) is 17.7 Å². The first-order chi connectivity index (χ1) is 30.1. The number of likely N-dealkylation sites (N-methyl/N-ethyl adjacent to an activating group) is 1. The van der Waals surface area contributed by atoms with Gasteiger partial charge in [0, 0.05) is 68.5 Å². The number of nitrogens with zero attached hydrogens (tertiary/aromatic N) is 7. The lowest BCUT2D eigenvalue weighted by atomic mass is 9.85. The number of amides is 6. The molecule has 1 aromatic carbocycles. The first-order valence-corrected chi connectivity index (χ1v) is 21.1. The van der Waals surface area contributed by atoms with Gasteiger partial charge in [0.15, 0.2) is 11.5 Å². The van der Waals surface area contributed by atoms with E-state index >= 15 is 0 Å². The summed E-state index contributed by atoms with van der Waals surface area (Å²) in [6.45, 7) is 1.89. The molecule has 62 heavy (non-hydrogen) atoms. The fourth-order valence-electron chi connectivity index (χ4n) is 8.31. The maximum Gasteiger partial charge on any atom is 0.262 e. The van der Waals surface area contributed by atoms with E-state index in [4.69, 9.17) is 9.47 Å². The number of aromatic nitrogens is 4. The molecule has 3 fully saturated rings. The van der Waals surface area contributed by atoms with Crippen LogP contribution in [0, 0.1) is 17.2 Å². The second-order valence-corrected chi connectivity index (χ2v) is 16.2. The molecule has 322 valence electrons. The van der Waals surface area contributed by atoms with Crippen LogP contribution in [0.15, 0.2) is 48.9 Å². The lowest BCUT2D eigenvalue weighted by Crippen LogP contribution is -2.54. The summed E-state index contributed by atoms with van der Waals surface area (Å²) in [6, 6.07) is 9.91. The number of carbonyl (C=O) groups excluding carboxylic acids is 6. The SMILES string of the molecule is CN(CCOCCOCCCc1cccc2c1C(=O)N(C1CCC(=O)NC1=O)C2=O)C(=O)C1CCC(NC(=O)c2cnc(-n3ncc4cc(C#N)cnc43)cc2NC2CC2)CC1. The van der Waals surface area contributed by atoms with Crippen molar-refractivity contribution in [3.8, 4) is 11.9 Å². The lowest BCUT2D eigenvalue weighted by Gasteiger charge is -2.31. The smallest absolute Gasteiger partial charge is 0.262 e. The minimum Gasteiger partial charge on any atom is -0.382 e. The molecule has 2 aliphatic heterocycles. The standard InChI is InChI=1S/C44H48N10O8/c1-52(15-17-62-19-18-61-16-3-5-27-4-2-6-32-38(27)44(60)53(43(32)59)35-13-14-37(55)51-41(35)57)42(58)28-7-9-31(10-8-28)50-40(56)33-25-46-36(21-34(33)49-30-11-12-30)54-39-29(24-48-54)20-26(22-45)23-47-39/h2,4,6,20-21,23-25,28,30-31,35H,3,5,7-19H2,1H3,(H,46,49)(H,50,56)(H,51,55,57). The Labute approximate surface area is 357 Å². The zero-order chi connectivity index (χ0) is 43.3. The fraction of sp³-hybridized carbons (Fsp3) is 0.455. The third kappa shape index (κ3) is 9.18. The molecular weight excluding hydrogens is 797 g/mol. The third-order valence-corrected chi connectivity index (χ3v) is 11.8. The molecule has 0 bridgehead atoms. The number of piperidine rings is 1. The lowest BCUT2D eigenvalue weighted by molar-refractivity contribution is -0.137. The Morgan fingerprint density at radius 3 is 2.45 bits per heavy atom. The van der Waals surface area contributed by atoms with Gasteiger partial charge < -0.3 is 25.0 Å². The van der Waals surface area contributed by atoms with Gasteiger partial charge in [0.05, 0.1) is 54.0 Å². The summed E-state index contributed by atoms with van der Waals surface area (Å²) in [5, 5.41) is 23.2. The van der Waals surface area contributed by atoms with Crippen LogP contribution >= 0.6 is 0 Å². The first-order valence-electron chi connectivity index (χ1n) is 21.1. The summed E-state index contributed by atoms with van der Waals surface area (Å²) in [5.74, 6) is -1.90. The van der Waals surface area contributed by atoms with Crippen molar-refractivity contribution in [3.63, 3.8) is 0 Å². The third-order valence-electron chi connectivity index (χ3n) is 11.8. The zero-order valence-electron chi connectivity index (χ0n) is 34.4. The predicted octanol–water partition coefficient (Wildman–Crippen LogP) is 3.08. The minimum atomic E-state index is -1.01. The van der Waals surface area contributed by atoms with Crippen LogP contribution < -0.4 is 16.0 Å². The second-order valence-electron chi connectivity index (χ2n) is 16.2. The molecule has 1 atom stereocenters. The van der Waals surface area contributed by atoms with E-state index in [1.807, 2.05) is 0 Å². The molecule has 6 amide bonds. The van der Waals surface area contributed by atoms with Crippen LogP contribution in [0.4, 0.5) is 5.69 Å². The molecule has 3 N–H and O–H groups in total. The first kappa shape index (κ1) is 42.1. The molecule has 3 aromatic heterocycles. The van der Waals surface area contributed by atoms with Crippen LogP contribution in [0.25, 0.3) is 16.9 Å². The van der Waals surface area contributed by atoms with Crippen molar-refractivity contribution >= 4 is 52.2 Å².